The van der Waals surface area contributed by atoms with Crippen molar-refractivity contribution in [2.24, 2.45) is 0 Å². The van der Waals surface area contributed by atoms with Gasteiger partial charge in [-0.1, -0.05) is 47.1 Å². The topological polar surface area (TPSA) is 12.0 Å². The Labute approximate surface area is 128 Å². The van der Waals surface area contributed by atoms with Crippen LogP contribution in [0.1, 0.15) is 30.5 Å². The van der Waals surface area contributed by atoms with Gasteiger partial charge in [0.2, 0.25) is 0 Å². The van der Waals surface area contributed by atoms with Crippen molar-refractivity contribution in [2.75, 3.05) is 6.54 Å². The van der Waals surface area contributed by atoms with Crippen molar-refractivity contribution in [1.82, 2.24) is 5.32 Å². The lowest BCUT2D eigenvalue weighted by atomic mass is 9.98. The minimum absolute atomic E-state index is 0.145. The second kappa shape index (κ2) is 7.55. The van der Waals surface area contributed by atoms with Crippen LogP contribution in [0.3, 0.4) is 0 Å². The quantitative estimate of drug-likeness (QED) is 0.793. The lowest BCUT2D eigenvalue weighted by Gasteiger charge is -2.19. The highest BCUT2D eigenvalue weighted by molar-refractivity contribution is 9.10. The molecular weight excluding hydrogens is 317 g/mol. The second-order valence-corrected chi connectivity index (χ2v) is 5.81. The van der Waals surface area contributed by atoms with Crippen molar-refractivity contribution < 1.29 is 4.39 Å². The van der Waals surface area contributed by atoms with Crippen molar-refractivity contribution in [3.05, 3.63) is 69.9 Å². The van der Waals surface area contributed by atoms with Crippen molar-refractivity contribution in [3.63, 3.8) is 0 Å². The second-order valence-electron chi connectivity index (χ2n) is 4.89. The minimum Gasteiger partial charge on any atom is -0.310 e. The van der Waals surface area contributed by atoms with Gasteiger partial charge in [-0.25, -0.2) is 4.39 Å². The highest BCUT2D eigenvalue weighted by Gasteiger charge is 2.12. The van der Waals surface area contributed by atoms with Gasteiger partial charge in [-0.05, 0) is 54.8 Å². The van der Waals surface area contributed by atoms with Crippen LogP contribution >= 0.6 is 15.9 Å². The van der Waals surface area contributed by atoms with Crippen molar-refractivity contribution in [1.29, 1.82) is 0 Å². The summed E-state index contributed by atoms with van der Waals surface area (Å²) in [6.07, 6.45) is 1.92. The molecule has 0 aliphatic heterocycles. The highest BCUT2D eigenvalue weighted by atomic mass is 79.9. The Morgan fingerprint density at radius 2 is 1.90 bits per heavy atom. The van der Waals surface area contributed by atoms with Crippen LogP contribution < -0.4 is 5.32 Å². The molecule has 0 saturated carbocycles. The first-order valence-electron chi connectivity index (χ1n) is 6.92. The van der Waals surface area contributed by atoms with Gasteiger partial charge in [0.25, 0.3) is 0 Å². The smallest absolute Gasteiger partial charge is 0.123 e. The number of hydrogen-bond acceptors (Lipinski definition) is 1. The number of halogens is 2. The van der Waals surface area contributed by atoms with Crippen LogP contribution in [-0.4, -0.2) is 6.54 Å². The molecule has 0 amide bonds. The first kappa shape index (κ1) is 15.2. The fourth-order valence-electron chi connectivity index (χ4n) is 2.21. The first-order chi connectivity index (χ1) is 9.69. The summed E-state index contributed by atoms with van der Waals surface area (Å²) in [4.78, 5) is 0. The number of rotatable bonds is 6. The molecule has 0 bridgehead atoms. The van der Waals surface area contributed by atoms with E-state index in [4.69, 9.17) is 0 Å². The predicted octanol–water partition coefficient (Wildman–Crippen LogP) is 4.87. The van der Waals surface area contributed by atoms with Crippen LogP contribution in [-0.2, 0) is 6.42 Å². The van der Waals surface area contributed by atoms with Gasteiger partial charge in [-0.15, -0.1) is 0 Å². The molecule has 1 unspecified atom stereocenters. The van der Waals surface area contributed by atoms with Gasteiger partial charge in [-0.2, -0.15) is 0 Å². The molecule has 0 heterocycles. The average molecular weight is 336 g/mol. The largest absolute Gasteiger partial charge is 0.310 e. The van der Waals surface area contributed by atoms with E-state index in [1.165, 1.54) is 11.6 Å². The summed E-state index contributed by atoms with van der Waals surface area (Å²) in [7, 11) is 0. The van der Waals surface area contributed by atoms with E-state index < -0.39 is 0 Å². The average Bonchev–Trinajstić information content (AvgIpc) is 2.45. The normalized spacial score (nSPS) is 12.3. The Kier molecular flexibility index (Phi) is 5.74. The van der Waals surface area contributed by atoms with Gasteiger partial charge < -0.3 is 5.32 Å². The highest BCUT2D eigenvalue weighted by Crippen LogP contribution is 2.20. The van der Waals surface area contributed by atoms with Gasteiger partial charge >= 0.3 is 0 Å². The van der Waals surface area contributed by atoms with Crippen LogP contribution in [0.4, 0.5) is 4.39 Å². The standard InChI is InChI=1S/C17H19BrFN/c1-2-10-20-17(14-4-3-5-16(19)12-14)11-13-6-8-15(18)9-7-13/h3-9,12,17,20H,2,10-11H2,1H3. The zero-order chi connectivity index (χ0) is 14.4. The Bertz CT molecular complexity index is 539. The van der Waals surface area contributed by atoms with Gasteiger partial charge in [0.05, 0.1) is 0 Å². The Morgan fingerprint density at radius 3 is 2.55 bits per heavy atom. The number of hydrogen-bond donors (Lipinski definition) is 1. The zero-order valence-electron chi connectivity index (χ0n) is 11.6. The fourth-order valence-corrected chi connectivity index (χ4v) is 2.47. The van der Waals surface area contributed by atoms with E-state index in [1.807, 2.05) is 18.2 Å². The third kappa shape index (κ3) is 4.43. The lowest BCUT2D eigenvalue weighted by Crippen LogP contribution is -2.24. The molecule has 0 radical (unpaired) electrons. The van der Waals surface area contributed by atoms with Gasteiger partial charge in [0.15, 0.2) is 0 Å². The number of benzene rings is 2. The van der Waals surface area contributed by atoms with Crippen LogP contribution in [0.5, 0.6) is 0 Å². The molecule has 1 atom stereocenters. The molecule has 2 aromatic carbocycles. The third-order valence-electron chi connectivity index (χ3n) is 3.24. The van der Waals surface area contributed by atoms with Gasteiger partial charge in [-0.3, -0.25) is 0 Å². The molecule has 1 N–H and O–H groups in total. The molecular formula is C17H19BrFN. The van der Waals surface area contributed by atoms with Crippen LogP contribution in [0, 0.1) is 5.82 Å². The summed E-state index contributed by atoms with van der Waals surface area (Å²) in [5.41, 5.74) is 2.24. The van der Waals surface area contributed by atoms with E-state index in [9.17, 15) is 4.39 Å². The first-order valence-corrected chi connectivity index (χ1v) is 7.71. The van der Waals surface area contributed by atoms with Crippen molar-refractivity contribution >= 4 is 15.9 Å². The molecule has 0 aliphatic rings. The molecule has 1 nitrogen and oxygen atoms in total. The summed E-state index contributed by atoms with van der Waals surface area (Å²) in [6, 6.07) is 15.3. The summed E-state index contributed by atoms with van der Waals surface area (Å²) in [5.74, 6) is -0.179. The molecule has 0 spiro atoms. The maximum absolute atomic E-state index is 13.4. The lowest BCUT2D eigenvalue weighted by molar-refractivity contribution is 0.524. The summed E-state index contributed by atoms with van der Waals surface area (Å²) >= 11 is 3.44. The van der Waals surface area contributed by atoms with Gasteiger partial charge in [0, 0.05) is 10.5 Å². The Hall–Kier alpha value is -1.19. The molecule has 0 aromatic heterocycles. The maximum atomic E-state index is 13.4. The molecule has 2 rings (SSSR count). The van der Waals surface area contributed by atoms with E-state index in [0.717, 1.165) is 29.4 Å². The van der Waals surface area contributed by atoms with Crippen LogP contribution in [0.15, 0.2) is 53.0 Å². The Morgan fingerprint density at radius 1 is 1.15 bits per heavy atom. The van der Waals surface area contributed by atoms with Crippen molar-refractivity contribution in [3.8, 4) is 0 Å². The number of nitrogens with one attached hydrogen (secondary N) is 1. The minimum atomic E-state index is -0.179. The van der Waals surface area contributed by atoms with E-state index in [0.29, 0.717) is 0 Å². The van der Waals surface area contributed by atoms with Crippen molar-refractivity contribution in [2.45, 2.75) is 25.8 Å². The zero-order valence-corrected chi connectivity index (χ0v) is 13.2. The maximum Gasteiger partial charge on any atom is 0.123 e. The molecule has 0 aliphatic carbocycles. The molecule has 20 heavy (non-hydrogen) atoms. The predicted molar refractivity (Wildman–Crippen MR) is 85.3 cm³/mol. The van der Waals surface area contributed by atoms with E-state index in [-0.39, 0.29) is 11.9 Å². The molecule has 106 valence electrons. The van der Waals surface area contributed by atoms with Gasteiger partial charge in [0.1, 0.15) is 5.82 Å². The van der Waals surface area contributed by atoms with Crippen LogP contribution in [0.2, 0.25) is 0 Å². The van der Waals surface area contributed by atoms with E-state index >= 15 is 0 Å². The SMILES string of the molecule is CCCNC(Cc1ccc(Br)cc1)c1cccc(F)c1. The van der Waals surface area contributed by atoms with E-state index in [2.05, 4.69) is 40.3 Å². The molecule has 3 heteroatoms. The summed E-state index contributed by atoms with van der Waals surface area (Å²) in [6.45, 7) is 3.06. The molecule has 2 aromatic rings. The summed E-state index contributed by atoms with van der Waals surface area (Å²) < 4.78 is 14.5. The summed E-state index contributed by atoms with van der Waals surface area (Å²) in [5, 5.41) is 3.50. The van der Waals surface area contributed by atoms with Crippen LogP contribution in [0.25, 0.3) is 0 Å². The monoisotopic (exact) mass is 335 g/mol. The van der Waals surface area contributed by atoms with E-state index in [1.54, 1.807) is 12.1 Å². The fraction of sp³-hybridized carbons (Fsp3) is 0.294. The Balaban J connectivity index is 2.16. The molecule has 0 saturated heterocycles. The molecule has 0 fully saturated rings. The third-order valence-corrected chi connectivity index (χ3v) is 3.77.